The SMILES string of the molecule is CC(C)(C)OC(=O)N1CC2(CC2)CC1c1ncc(-c2ccc(-c3ccc(-c4ccc5nc(C6C7CCC(C7)N6C(=O)OC(C)(C)C)[nH]c5c4)cc3)cc2)[nH]1. The molecule has 10 heteroatoms. The van der Waals surface area contributed by atoms with Crippen molar-refractivity contribution in [3.8, 4) is 33.5 Å². The van der Waals surface area contributed by atoms with Crippen LogP contribution >= 0.6 is 0 Å². The normalized spacial score (nSPS) is 23.1. The minimum atomic E-state index is -0.542. The maximum atomic E-state index is 13.3. The molecule has 10 nitrogen and oxygen atoms in total. The summed E-state index contributed by atoms with van der Waals surface area (Å²) in [6.07, 6.45) is 7.71. The summed E-state index contributed by atoms with van der Waals surface area (Å²) >= 11 is 0. The number of carbonyl (C=O) groups excluding carboxylic acids is 2. The second kappa shape index (κ2) is 12.5. The first-order valence-corrected chi connectivity index (χ1v) is 19.5. The highest BCUT2D eigenvalue weighted by Crippen LogP contribution is 2.58. The van der Waals surface area contributed by atoms with Crippen molar-refractivity contribution in [3.05, 3.63) is 84.6 Å². The van der Waals surface area contributed by atoms with Crippen molar-refractivity contribution < 1.29 is 19.1 Å². The number of aromatic amines is 2. The van der Waals surface area contributed by atoms with E-state index >= 15 is 0 Å². The summed E-state index contributed by atoms with van der Waals surface area (Å²) in [5.74, 6) is 2.06. The molecule has 2 aliphatic heterocycles. The van der Waals surface area contributed by atoms with Crippen LogP contribution in [0.3, 0.4) is 0 Å². The molecule has 5 aromatic rings. The Hall–Kier alpha value is -5.12. The summed E-state index contributed by atoms with van der Waals surface area (Å²) in [5.41, 5.74) is 7.46. The molecule has 4 fully saturated rings. The number of nitrogens with one attached hydrogen (secondary N) is 2. The second-order valence-corrected chi connectivity index (χ2v) is 18.1. The van der Waals surface area contributed by atoms with Crippen LogP contribution in [0.2, 0.25) is 0 Å². The van der Waals surface area contributed by atoms with Crippen LogP contribution in [-0.4, -0.2) is 65.7 Å². The average Bonchev–Trinajstić information content (AvgIpc) is 3.71. The third-order valence-electron chi connectivity index (χ3n) is 11.7. The minimum absolute atomic E-state index is 0.0906. The molecule has 2 amide bonds. The number of rotatable bonds is 5. The Labute approximate surface area is 316 Å². The van der Waals surface area contributed by atoms with Crippen LogP contribution in [0, 0.1) is 11.3 Å². The standard InChI is InChI=1S/C44H50N6O4/c1-42(2,3)53-40(51)49-25-44(19-20-44)23-36(49)38-45-24-35(48-38)29-13-11-27(12-14-29)26-7-9-28(10-8-26)30-16-18-33-34(22-30)47-39(46-33)37-31-15-17-32(21-31)50(37)41(52)54-43(4,5)6/h7-14,16,18,22,24,31-32,36-37H,15,17,19-21,23,25H2,1-6H3,(H,45,48)(H,46,47). The summed E-state index contributed by atoms with van der Waals surface area (Å²) < 4.78 is 11.6. The fourth-order valence-corrected chi connectivity index (χ4v) is 8.97. The molecule has 4 atom stereocenters. The third-order valence-corrected chi connectivity index (χ3v) is 11.7. The molecule has 4 unspecified atom stereocenters. The van der Waals surface area contributed by atoms with Gasteiger partial charge in [-0.25, -0.2) is 19.6 Å². The lowest BCUT2D eigenvalue weighted by Gasteiger charge is -2.35. The van der Waals surface area contributed by atoms with Crippen molar-refractivity contribution in [2.24, 2.45) is 11.3 Å². The predicted molar refractivity (Wildman–Crippen MR) is 208 cm³/mol. The predicted octanol–water partition coefficient (Wildman–Crippen LogP) is 10.2. The molecular formula is C44H50N6O4. The van der Waals surface area contributed by atoms with E-state index < -0.39 is 11.2 Å². The maximum Gasteiger partial charge on any atom is 0.411 e. The molecule has 2 saturated heterocycles. The Morgan fingerprint density at radius 3 is 2.02 bits per heavy atom. The molecule has 2 saturated carbocycles. The second-order valence-electron chi connectivity index (χ2n) is 18.1. The molecule has 9 rings (SSSR count). The largest absolute Gasteiger partial charge is 0.444 e. The van der Waals surface area contributed by atoms with Crippen molar-refractivity contribution in [1.82, 2.24) is 29.7 Å². The highest BCUT2D eigenvalue weighted by Gasteiger charge is 2.55. The van der Waals surface area contributed by atoms with E-state index in [9.17, 15) is 9.59 Å². The fourth-order valence-electron chi connectivity index (χ4n) is 8.97. The van der Waals surface area contributed by atoms with Crippen molar-refractivity contribution >= 4 is 23.2 Å². The lowest BCUT2D eigenvalue weighted by molar-refractivity contribution is 0.00616. The van der Waals surface area contributed by atoms with Crippen LogP contribution < -0.4 is 0 Å². The van der Waals surface area contributed by atoms with Gasteiger partial charge in [0.2, 0.25) is 0 Å². The summed E-state index contributed by atoms with van der Waals surface area (Å²) in [4.78, 5) is 47.1. The number of imidazole rings is 2. The number of H-pyrrole nitrogens is 2. The molecule has 3 aromatic carbocycles. The lowest BCUT2D eigenvalue weighted by atomic mass is 9.98. The molecule has 2 N–H and O–H groups in total. The van der Waals surface area contributed by atoms with Gasteiger partial charge in [-0.3, -0.25) is 9.80 Å². The van der Waals surface area contributed by atoms with Gasteiger partial charge in [-0.1, -0.05) is 54.6 Å². The van der Waals surface area contributed by atoms with Crippen molar-refractivity contribution in [2.45, 2.75) is 109 Å². The summed E-state index contributed by atoms with van der Waals surface area (Å²) in [6.45, 7) is 12.2. The van der Waals surface area contributed by atoms with E-state index in [2.05, 4.69) is 76.7 Å². The van der Waals surface area contributed by atoms with Gasteiger partial charge in [0.15, 0.2) is 0 Å². The monoisotopic (exact) mass is 726 g/mol. The number of nitrogens with zero attached hydrogens (tertiary/aromatic N) is 4. The number of fused-ring (bicyclic) bond motifs is 3. The third kappa shape index (κ3) is 6.54. The number of carbonyl (C=O) groups is 2. The van der Waals surface area contributed by atoms with E-state index in [0.29, 0.717) is 5.92 Å². The molecule has 4 heterocycles. The van der Waals surface area contributed by atoms with Gasteiger partial charge in [-0.2, -0.15) is 0 Å². The molecule has 1 spiro atoms. The van der Waals surface area contributed by atoms with E-state index in [1.165, 1.54) is 0 Å². The van der Waals surface area contributed by atoms with Crippen LogP contribution in [0.25, 0.3) is 44.5 Å². The Morgan fingerprint density at radius 2 is 1.37 bits per heavy atom. The highest BCUT2D eigenvalue weighted by atomic mass is 16.6. The van der Waals surface area contributed by atoms with Crippen LogP contribution in [0.15, 0.2) is 72.9 Å². The number of piperidine rings is 1. The average molecular weight is 727 g/mol. The zero-order valence-corrected chi connectivity index (χ0v) is 32.1. The number of aromatic nitrogens is 4. The van der Waals surface area contributed by atoms with Crippen molar-refractivity contribution in [1.29, 1.82) is 0 Å². The van der Waals surface area contributed by atoms with Crippen molar-refractivity contribution in [2.75, 3.05) is 6.54 Å². The van der Waals surface area contributed by atoms with E-state index in [0.717, 1.165) is 101 Å². The Bertz CT molecular complexity index is 2220. The Balaban J connectivity index is 0.893. The lowest BCUT2D eigenvalue weighted by Crippen LogP contribution is -2.43. The van der Waals surface area contributed by atoms with Crippen LogP contribution in [0.1, 0.15) is 104 Å². The Morgan fingerprint density at radius 1 is 0.759 bits per heavy atom. The van der Waals surface area contributed by atoms with Gasteiger partial charge in [0, 0.05) is 12.6 Å². The van der Waals surface area contributed by atoms with Gasteiger partial charge in [0.25, 0.3) is 0 Å². The zero-order valence-electron chi connectivity index (χ0n) is 32.1. The van der Waals surface area contributed by atoms with Gasteiger partial charge in [-0.05, 0) is 131 Å². The van der Waals surface area contributed by atoms with E-state index in [1.54, 1.807) is 0 Å². The Kier molecular flexibility index (Phi) is 7.99. The molecular weight excluding hydrogens is 677 g/mol. The molecule has 0 radical (unpaired) electrons. The molecule has 2 aliphatic carbocycles. The number of ether oxygens (including phenoxy) is 2. The van der Waals surface area contributed by atoms with Crippen LogP contribution in [0.5, 0.6) is 0 Å². The quantitative estimate of drug-likeness (QED) is 0.186. The number of likely N-dealkylation sites (tertiary alicyclic amines) is 2. The fraction of sp³-hybridized carbons (Fsp3) is 0.455. The van der Waals surface area contributed by atoms with E-state index in [-0.39, 0.29) is 35.7 Å². The number of amides is 2. The first-order valence-electron chi connectivity index (χ1n) is 19.5. The van der Waals surface area contributed by atoms with Gasteiger partial charge in [0.05, 0.1) is 35.0 Å². The molecule has 2 bridgehead atoms. The van der Waals surface area contributed by atoms with E-state index in [4.69, 9.17) is 19.4 Å². The number of benzene rings is 3. The smallest absolute Gasteiger partial charge is 0.411 e. The molecule has 2 aromatic heterocycles. The van der Waals surface area contributed by atoms with Gasteiger partial charge in [-0.15, -0.1) is 0 Å². The van der Waals surface area contributed by atoms with Crippen molar-refractivity contribution in [3.63, 3.8) is 0 Å². The maximum absolute atomic E-state index is 13.3. The summed E-state index contributed by atoms with van der Waals surface area (Å²) in [7, 11) is 0. The summed E-state index contributed by atoms with van der Waals surface area (Å²) in [5, 5.41) is 0. The first kappa shape index (κ1) is 34.6. The minimum Gasteiger partial charge on any atom is -0.444 e. The number of hydrogen-bond donors (Lipinski definition) is 2. The van der Waals surface area contributed by atoms with Crippen LogP contribution in [0.4, 0.5) is 9.59 Å². The molecule has 4 aliphatic rings. The topological polar surface area (TPSA) is 116 Å². The van der Waals surface area contributed by atoms with Gasteiger partial charge >= 0.3 is 12.2 Å². The van der Waals surface area contributed by atoms with Gasteiger partial charge in [0.1, 0.15) is 22.9 Å². The van der Waals surface area contributed by atoms with Gasteiger partial charge < -0.3 is 19.4 Å². The molecule has 54 heavy (non-hydrogen) atoms. The van der Waals surface area contributed by atoms with E-state index in [1.807, 2.05) is 57.5 Å². The van der Waals surface area contributed by atoms with Crippen LogP contribution in [-0.2, 0) is 9.47 Å². The first-order chi connectivity index (χ1) is 25.7. The summed E-state index contributed by atoms with van der Waals surface area (Å²) in [6, 6.07) is 23.5. The highest BCUT2D eigenvalue weighted by molar-refractivity contribution is 5.83. The number of hydrogen-bond acceptors (Lipinski definition) is 6. The molecule has 280 valence electrons. The zero-order chi connectivity index (χ0) is 37.6.